The van der Waals surface area contributed by atoms with Gasteiger partial charge in [-0.05, 0) is 61.1 Å². The van der Waals surface area contributed by atoms with Gasteiger partial charge in [0.1, 0.15) is 11.9 Å². The highest BCUT2D eigenvalue weighted by molar-refractivity contribution is 5.68. The van der Waals surface area contributed by atoms with Gasteiger partial charge in [-0.2, -0.15) is 0 Å². The van der Waals surface area contributed by atoms with Crippen molar-refractivity contribution in [3.63, 3.8) is 0 Å². The third kappa shape index (κ3) is 3.50. The number of nitrogens with one attached hydrogen (secondary N) is 1. The average molecular weight is 377 g/mol. The molecule has 1 atom stereocenters. The van der Waals surface area contributed by atoms with Gasteiger partial charge in [0.25, 0.3) is 0 Å². The first kappa shape index (κ1) is 18.9. The molecule has 3 heteroatoms. The first-order chi connectivity index (χ1) is 13.5. The van der Waals surface area contributed by atoms with Crippen molar-refractivity contribution in [3.05, 3.63) is 59.2 Å². The third-order valence-corrected chi connectivity index (χ3v) is 6.17. The van der Waals surface area contributed by atoms with E-state index in [0.29, 0.717) is 0 Å². The van der Waals surface area contributed by atoms with Crippen molar-refractivity contribution in [2.75, 3.05) is 29.9 Å². The van der Waals surface area contributed by atoms with Crippen LogP contribution in [0.5, 0.6) is 5.75 Å². The maximum Gasteiger partial charge on any atom is 0.129 e. The van der Waals surface area contributed by atoms with Crippen LogP contribution in [0.3, 0.4) is 0 Å². The highest BCUT2D eigenvalue weighted by atomic mass is 16.5. The van der Waals surface area contributed by atoms with Crippen LogP contribution in [0.2, 0.25) is 0 Å². The van der Waals surface area contributed by atoms with Gasteiger partial charge in [0.2, 0.25) is 0 Å². The molecular weight excluding hydrogens is 344 g/mol. The topological polar surface area (TPSA) is 24.5 Å². The van der Waals surface area contributed by atoms with E-state index in [1.165, 1.54) is 28.1 Å². The standard InChI is InChI=1S/C25H32N2O/c1-5-27(6-2)20-12-11-18-15-19-17-25(3,4)21-9-7-8-10-22(21)26-14-13-23(19)28-24(18)16-20/h7-12,15-16,23,26H,5-6,13-14,17H2,1-4H3. The summed E-state index contributed by atoms with van der Waals surface area (Å²) in [6.45, 7) is 12.0. The summed E-state index contributed by atoms with van der Waals surface area (Å²) in [5, 5.41) is 3.65. The van der Waals surface area contributed by atoms with Crippen LogP contribution in [-0.2, 0) is 5.41 Å². The summed E-state index contributed by atoms with van der Waals surface area (Å²) < 4.78 is 6.56. The van der Waals surface area contributed by atoms with Crippen molar-refractivity contribution in [2.45, 2.75) is 52.1 Å². The van der Waals surface area contributed by atoms with Gasteiger partial charge >= 0.3 is 0 Å². The number of ether oxygens (including phenoxy) is 1. The predicted octanol–water partition coefficient (Wildman–Crippen LogP) is 5.86. The van der Waals surface area contributed by atoms with Crippen LogP contribution in [0.25, 0.3) is 6.08 Å². The second-order valence-corrected chi connectivity index (χ2v) is 8.54. The van der Waals surface area contributed by atoms with E-state index in [0.717, 1.165) is 38.2 Å². The Morgan fingerprint density at radius 3 is 2.68 bits per heavy atom. The Labute approximate surface area is 169 Å². The zero-order valence-corrected chi connectivity index (χ0v) is 17.6. The summed E-state index contributed by atoms with van der Waals surface area (Å²) in [6.07, 6.45) is 4.50. The fourth-order valence-electron chi connectivity index (χ4n) is 4.63. The summed E-state index contributed by atoms with van der Waals surface area (Å²) in [6, 6.07) is 15.4. The first-order valence-corrected chi connectivity index (χ1v) is 10.6. The highest BCUT2D eigenvalue weighted by Crippen LogP contribution is 2.42. The lowest BCUT2D eigenvalue weighted by Crippen LogP contribution is -2.28. The predicted molar refractivity (Wildman–Crippen MR) is 120 cm³/mol. The number of benzene rings is 2. The van der Waals surface area contributed by atoms with Gasteiger partial charge in [0.05, 0.1) is 0 Å². The number of rotatable bonds is 3. The number of hydrogen-bond acceptors (Lipinski definition) is 3. The van der Waals surface area contributed by atoms with E-state index < -0.39 is 0 Å². The molecule has 0 radical (unpaired) electrons. The monoisotopic (exact) mass is 376 g/mol. The van der Waals surface area contributed by atoms with E-state index >= 15 is 0 Å². The number of anilines is 2. The molecule has 0 saturated carbocycles. The Morgan fingerprint density at radius 1 is 1.11 bits per heavy atom. The van der Waals surface area contributed by atoms with E-state index in [4.69, 9.17) is 4.74 Å². The minimum Gasteiger partial charge on any atom is -0.485 e. The number of nitrogens with zero attached hydrogens (tertiary/aromatic N) is 1. The van der Waals surface area contributed by atoms with E-state index in [9.17, 15) is 0 Å². The molecule has 0 saturated heterocycles. The fourth-order valence-corrected chi connectivity index (χ4v) is 4.63. The molecule has 3 nitrogen and oxygen atoms in total. The Kier molecular flexibility index (Phi) is 5.09. The van der Waals surface area contributed by atoms with E-state index in [-0.39, 0.29) is 11.5 Å². The highest BCUT2D eigenvalue weighted by Gasteiger charge is 2.32. The third-order valence-electron chi connectivity index (χ3n) is 6.17. The van der Waals surface area contributed by atoms with E-state index in [1.807, 2.05) is 0 Å². The molecule has 4 rings (SSSR count). The number of para-hydroxylation sites is 1. The van der Waals surface area contributed by atoms with Gasteiger partial charge in [-0.1, -0.05) is 32.0 Å². The van der Waals surface area contributed by atoms with Crippen molar-refractivity contribution in [1.29, 1.82) is 0 Å². The zero-order chi connectivity index (χ0) is 19.7. The number of fused-ring (bicyclic) bond motifs is 3. The smallest absolute Gasteiger partial charge is 0.129 e. The summed E-state index contributed by atoms with van der Waals surface area (Å²) in [5.74, 6) is 1.02. The lowest BCUT2D eigenvalue weighted by Gasteiger charge is -2.33. The molecule has 2 aliphatic rings. The second-order valence-electron chi connectivity index (χ2n) is 8.54. The molecule has 0 aliphatic carbocycles. The summed E-state index contributed by atoms with van der Waals surface area (Å²) in [5.41, 5.74) is 6.56. The minimum absolute atomic E-state index is 0.0556. The molecule has 2 aliphatic heterocycles. The van der Waals surface area contributed by atoms with Crippen LogP contribution in [0.4, 0.5) is 11.4 Å². The van der Waals surface area contributed by atoms with Crippen LogP contribution in [0.1, 0.15) is 51.7 Å². The SMILES string of the molecule is CCN(CC)c1ccc2c(c1)OC1CCNc3ccccc3C(C)(C)CC1=C2. The molecule has 28 heavy (non-hydrogen) atoms. The molecule has 0 aromatic heterocycles. The molecule has 0 amide bonds. The molecule has 0 spiro atoms. The van der Waals surface area contributed by atoms with E-state index in [1.54, 1.807) is 0 Å². The van der Waals surface area contributed by atoms with Gasteiger partial charge in [0, 0.05) is 49.1 Å². The number of hydrogen-bond donors (Lipinski definition) is 1. The van der Waals surface area contributed by atoms with Gasteiger partial charge in [0.15, 0.2) is 0 Å². The molecule has 1 unspecified atom stereocenters. The van der Waals surface area contributed by atoms with Crippen molar-refractivity contribution >= 4 is 17.5 Å². The molecular formula is C25H32N2O. The molecule has 2 heterocycles. The largest absolute Gasteiger partial charge is 0.485 e. The van der Waals surface area contributed by atoms with Crippen molar-refractivity contribution in [3.8, 4) is 5.75 Å². The minimum atomic E-state index is 0.0556. The Balaban J connectivity index is 1.70. The van der Waals surface area contributed by atoms with Gasteiger partial charge in [-0.25, -0.2) is 0 Å². The molecule has 2 aromatic rings. The summed E-state index contributed by atoms with van der Waals surface area (Å²) in [4.78, 5) is 2.37. The molecule has 2 aromatic carbocycles. The van der Waals surface area contributed by atoms with E-state index in [2.05, 4.69) is 86.5 Å². The Morgan fingerprint density at radius 2 is 1.89 bits per heavy atom. The van der Waals surface area contributed by atoms with Crippen molar-refractivity contribution in [1.82, 2.24) is 0 Å². The van der Waals surface area contributed by atoms with Crippen LogP contribution >= 0.6 is 0 Å². The van der Waals surface area contributed by atoms with Crippen LogP contribution in [0.15, 0.2) is 48.0 Å². The lowest BCUT2D eigenvalue weighted by molar-refractivity contribution is 0.218. The normalized spacial score (nSPS) is 20.0. The maximum absolute atomic E-state index is 6.56. The van der Waals surface area contributed by atoms with Crippen molar-refractivity contribution < 1.29 is 4.74 Å². The summed E-state index contributed by atoms with van der Waals surface area (Å²) >= 11 is 0. The summed E-state index contributed by atoms with van der Waals surface area (Å²) in [7, 11) is 0. The fraction of sp³-hybridized carbons (Fsp3) is 0.440. The zero-order valence-electron chi connectivity index (χ0n) is 17.6. The van der Waals surface area contributed by atoms with Gasteiger partial charge < -0.3 is 15.0 Å². The average Bonchev–Trinajstić information content (AvgIpc) is 2.73. The van der Waals surface area contributed by atoms with Gasteiger partial charge in [-0.3, -0.25) is 0 Å². The van der Waals surface area contributed by atoms with Gasteiger partial charge in [-0.15, -0.1) is 0 Å². The van der Waals surface area contributed by atoms with Crippen LogP contribution in [-0.4, -0.2) is 25.7 Å². The molecule has 0 fully saturated rings. The second kappa shape index (κ2) is 7.54. The Hall–Kier alpha value is -2.42. The first-order valence-electron chi connectivity index (χ1n) is 10.6. The quantitative estimate of drug-likeness (QED) is 0.726. The molecule has 148 valence electrons. The lowest BCUT2D eigenvalue weighted by atomic mass is 9.76. The van der Waals surface area contributed by atoms with Crippen molar-refractivity contribution in [2.24, 2.45) is 0 Å². The van der Waals surface area contributed by atoms with Crippen LogP contribution in [0, 0.1) is 0 Å². The maximum atomic E-state index is 6.56. The molecule has 1 N–H and O–H groups in total. The van der Waals surface area contributed by atoms with Crippen LogP contribution < -0.4 is 15.0 Å². The molecule has 0 bridgehead atoms. The Bertz CT molecular complexity index is 880.